The lowest BCUT2D eigenvalue weighted by molar-refractivity contribution is 0.423. The number of hydrogen-bond acceptors (Lipinski definition) is 6. The van der Waals surface area contributed by atoms with Gasteiger partial charge in [0.25, 0.3) is 0 Å². The Kier molecular flexibility index (Phi) is 6.87. The van der Waals surface area contributed by atoms with Gasteiger partial charge in [-0.2, -0.15) is 4.31 Å². The smallest absolute Gasteiger partial charge is 0.243 e. The van der Waals surface area contributed by atoms with Crippen LogP contribution in [-0.2, 0) is 19.9 Å². The number of aryl methyl sites for hydroxylation is 1. The van der Waals surface area contributed by atoms with E-state index in [1.807, 2.05) is 0 Å². The first kappa shape index (κ1) is 22.4. The molecule has 0 aliphatic rings. The molecule has 0 bridgehead atoms. The maximum absolute atomic E-state index is 13.5. The van der Waals surface area contributed by atoms with Crippen LogP contribution in [0.2, 0.25) is 0 Å². The minimum absolute atomic E-state index is 0.143. The van der Waals surface area contributed by atoms with Crippen molar-refractivity contribution >= 4 is 30.6 Å². The van der Waals surface area contributed by atoms with Crippen molar-refractivity contribution in [2.24, 2.45) is 5.73 Å². The summed E-state index contributed by atoms with van der Waals surface area (Å²) >= 11 is 0. The quantitative estimate of drug-likeness (QED) is 0.539. The van der Waals surface area contributed by atoms with Gasteiger partial charge in [0.1, 0.15) is 0 Å². The first-order chi connectivity index (χ1) is 14.3. The van der Waals surface area contributed by atoms with Crippen LogP contribution in [0.5, 0.6) is 0 Å². The van der Waals surface area contributed by atoms with Crippen molar-refractivity contribution in [3.8, 4) is 0 Å². The molecule has 9 heteroatoms. The molecule has 1 heterocycles. The monoisotopic (exact) mass is 447 g/mol. The fourth-order valence-corrected chi connectivity index (χ4v) is 6.46. The van der Waals surface area contributed by atoms with Crippen LogP contribution in [0.15, 0.2) is 70.7 Å². The topological polar surface area (TPSA) is 110 Å². The van der Waals surface area contributed by atoms with Gasteiger partial charge in [-0.25, -0.2) is 16.8 Å². The van der Waals surface area contributed by atoms with Crippen LogP contribution in [0, 0.1) is 6.92 Å². The third kappa shape index (κ3) is 4.70. The second kappa shape index (κ2) is 9.22. The Hall–Kier alpha value is -2.33. The van der Waals surface area contributed by atoms with E-state index >= 15 is 0 Å². The van der Waals surface area contributed by atoms with Crippen LogP contribution in [0.4, 0.5) is 0 Å². The Labute approximate surface area is 177 Å². The van der Waals surface area contributed by atoms with E-state index in [-0.39, 0.29) is 28.6 Å². The first-order valence-electron chi connectivity index (χ1n) is 9.59. The van der Waals surface area contributed by atoms with Crippen molar-refractivity contribution in [3.05, 3.63) is 66.5 Å². The Morgan fingerprint density at radius 3 is 2.37 bits per heavy atom. The fourth-order valence-electron chi connectivity index (χ4n) is 3.31. The summed E-state index contributed by atoms with van der Waals surface area (Å²) in [6.45, 7) is 2.10. The van der Waals surface area contributed by atoms with Gasteiger partial charge in [-0.3, -0.25) is 4.98 Å². The van der Waals surface area contributed by atoms with Gasteiger partial charge in [0.05, 0.1) is 15.5 Å². The average Bonchev–Trinajstić information content (AvgIpc) is 2.74. The van der Waals surface area contributed by atoms with Gasteiger partial charge < -0.3 is 5.73 Å². The predicted octanol–water partition coefficient (Wildman–Crippen LogP) is 2.36. The molecule has 7 nitrogen and oxygen atoms in total. The Morgan fingerprint density at radius 1 is 0.933 bits per heavy atom. The van der Waals surface area contributed by atoms with Crippen molar-refractivity contribution in [2.45, 2.75) is 23.1 Å². The van der Waals surface area contributed by atoms with Crippen molar-refractivity contribution in [2.75, 3.05) is 25.4 Å². The van der Waals surface area contributed by atoms with Crippen molar-refractivity contribution in [1.29, 1.82) is 0 Å². The van der Waals surface area contributed by atoms with Gasteiger partial charge in [0, 0.05) is 36.3 Å². The summed E-state index contributed by atoms with van der Waals surface area (Å²) in [7, 11) is -7.56. The van der Waals surface area contributed by atoms with Crippen LogP contribution in [0.3, 0.4) is 0 Å². The normalized spacial score (nSPS) is 12.5. The molecule has 2 N–H and O–H groups in total. The zero-order chi connectivity index (χ0) is 21.8. The minimum Gasteiger partial charge on any atom is -0.330 e. The van der Waals surface area contributed by atoms with Gasteiger partial charge in [0.2, 0.25) is 10.0 Å². The number of hydrogen-bond donors (Lipinski definition) is 1. The molecule has 160 valence electrons. The third-order valence-corrected chi connectivity index (χ3v) is 8.53. The standard InChI is InChI=1S/C21H25N3O4S2/c1-17-15-23-16-18-7-5-10-20(21(17)18)30(27,28)24(12-6-11-22)13-14-29(25,26)19-8-3-2-4-9-19/h2-5,7-10,15-16H,6,11-14,22H2,1H3. The molecule has 0 amide bonds. The number of pyridine rings is 1. The van der Waals surface area contributed by atoms with Crippen LogP contribution in [0.1, 0.15) is 12.0 Å². The number of sulfone groups is 1. The highest BCUT2D eigenvalue weighted by molar-refractivity contribution is 7.91. The lowest BCUT2D eigenvalue weighted by atomic mass is 10.1. The van der Waals surface area contributed by atoms with Crippen molar-refractivity contribution < 1.29 is 16.8 Å². The summed E-state index contributed by atoms with van der Waals surface area (Å²) in [5.74, 6) is -0.313. The molecule has 0 fully saturated rings. The second-order valence-corrected chi connectivity index (χ2v) is 11.0. The number of fused-ring (bicyclic) bond motifs is 1. The number of nitrogens with two attached hydrogens (primary N) is 1. The predicted molar refractivity (Wildman–Crippen MR) is 117 cm³/mol. The lowest BCUT2D eigenvalue weighted by Gasteiger charge is -2.23. The maximum atomic E-state index is 13.5. The molecule has 0 aliphatic carbocycles. The molecule has 0 saturated carbocycles. The first-order valence-corrected chi connectivity index (χ1v) is 12.7. The molecular formula is C21H25N3O4S2. The van der Waals surface area contributed by atoms with Gasteiger partial charge in [-0.15, -0.1) is 0 Å². The van der Waals surface area contributed by atoms with E-state index < -0.39 is 19.9 Å². The Bertz CT molecular complexity index is 1220. The van der Waals surface area contributed by atoms with Crippen LogP contribution in [-0.4, -0.2) is 51.5 Å². The molecule has 0 aliphatic heterocycles. The summed E-state index contributed by atoms with van der Waals surface area (Å²) < 4.78 is 53.6. The van der Waals surface area contributed by atoms with Gasteiger partial charge in [0.15, 0.2) is 9.84 Å². The summed E-state index contributed by atoms with van der Waals surface area (Å²) in [6, 6.07) is 13.0. The third-order valence-electron chi connectivity index (χ3n) is 4.88. The molecule has 0 spiro atoms. The highest BCUT2D eigenvalue weighted by Gasteiger charge is 2.28. The van der Waals surface area contributed by atoms with E-state index in [1.54, 1.807) is 55.7 Å². The summed E-state index contributed by atoms with van der Waals surface area (Å²) in [5.41, 5.74) is 6.34. The summed E-state index contributed by atoms with van der Waals surface area (Å²) in [5, 5.41) is 1.31. The minimum atomic E-state index is -3.94. The Morgan fingerprint density at radius 2 is 1.67 bits per heavy atom. The second-order valence-electron chi connectivity index (χ2n) is 6.99. The van der Waals surface area contributed by atoms with Gasteiger partial charge in [-0.05, 0) is 43.7 Å². The largest absolute Gasteiger partial charge is 0.330 e. The van der Waals surface area contributed by atoms with E-state index in [1.165, 1.54) is 16.4 Å². The summed E-state index contributed by atoms with van der Waals surface area (Å²) in [6.07, 6.45) is 3.66. The number of aromatic nitrogens is 1. The molecular weight excluding hydrogens is 422 g/mol. The summed E-state index contributed by atoms with van der Waals surface area (Å²) in [4.78, 5) is 4.45. The molecule has 0 atom stereocenters. The van der Waals surface area contributed by atoms with Crippen LogP contribution >= 0.6 is 0 Å². The number of benzene rings is 2. The molecule has 0 unspecified atom stereocenters. The molecule has 3 aromatic rings. The molecule has 3 rings (SSSR count). The van der Waals surface area contributed by atoms with E-state index in [9.17, 15) is 16.8 Å². The zero-order valence-electron chi connectivity index (χ0n) is 16.7. The van der Waals surface area contributed by atoms with Gasteiger partial charge >= 0.3 is 0 Å². The highest BCUT2D eigenvalue weighted by atomic mass is 32.2. The lowest BCUT2D eigenvalue weighted by Crippen LogP contribution is -2.37. The fraction of sp³-hybridized carbons (Fsp3) is 0.286. The number of nitrogens with zero attached hydrogens (tertiary/aromatic N) is 2. The zero-order valence-corrected chi connectivity index (χ0v) is 18.4. The molecule has 1 aromatic heterocycles. The molecule has 2 aromatic carbocycles. The van der Waals surface area contributed by atoms with Gasteiger partial charge in [-0.1, -0.05) is 30.3 Å². The molecule has 0 saturated heterocycles. The van der Waals surface area contributed by atoms with Crippen LogP contribution < -0.4 is 5.73 Å². The van der Waals surface area contributed by atoms with Crippen molar-refractivity contribution in [1.82, 2.24) is 9.29 Å². The molecule has 0 radical (unpaired) electrons. The number of rotatable bonds is 9. The van der Waals surface area contributed by atoms with E-state index in [0.717, 1.165) is 5.56 Å². The van der Waals surface area contributed by atoms with Crippen LogP contribution in [0.25, 0.3) is 10.8 Å². The van der Waals surface area contributed by atoms with Crippen molar-refractivity contribution in [3.63, 3.8) is 0 Å². The molecule has 30 heavy (non-hydrogen) atoms. The van der Waals surface area contributed by atoms with E-state index in [4.69, 9.17) is 5.73 Å². The SMILES string of the molecule is Cc1cncc2cccc(S(=O)(=O)N(CCCN)CCS(=O)(=O)c3ccccc3)c12. The average molecular weight is 448 g/mol. The maximum Gasteiger partial charge on any atom is 0.243 e. The van der Waals surface area contributed by atoms with E-state index in [0.29, 0.717) is 23.7 Å². The van der Waals surface area contributed by atoms with E-state index in [2.05, 4.69) is 4.98 Å². The number of sulfonamides is 1. The Balaban J connectivity index is 1.97. The highest BCUT2D eigenvalue weighted by Crippen LogP contribution is 2.28.